The Kier molecular flexibility index (Phi) is 6.41. The van der Waals surface area contributed by atoms with Crippen molar-refractivity contribution < 1.29 is 24.3 Å². The van der Waals surface area contributed by atoms with E-state index in [-0.39, 0.29) is 24.5 Å². The van der Waals surface area contributed by atoms with Crippen LogP contribution in [0.1, 0.15) is 13.3 Å². The number of carboxylic acid groups (broad SMARTS) is 1. The third-order valence-electron chi connectivity index (χ3n) is 2.78. The Bertz CT molecular complexity index is 505. The lowest BCUT2D eigenvalue weighted by Gasteiger charge is -2.13. The number of hydrogen-bond donors (Lipinski definition) is 2. The van der Waals surface area contributed by atoms with E-state index < -0.39 is 16.9 Å². The lowest BCUT2D eigenvalue weighted by Crippen LogP contribution is -2.37. The smallest absolute Gasteiger partial charge is 0.320 e. The van der Waals surface area contributed by atoms with Crippen molar-refractivity contribution in [1.29, 1.82) is 0 Å². The molecule has 1 aromatic rings. The number of nitro groups is 1. The number of carboxylic acids is 1. The average molecular weight is 298 g/mol. The third kappa shape index (κ3) is 4.92. The standard InChI is InChI=1S/C13H18N2O6/c1-3-14-10(13(16)17)6-7-21-12-5-4-9(20-2)8-11(12)15(18)19/h4-5,8,10,14H,3,6-7H2,1-2H3,(H,16,17). The summed E-state index contributed by atoms with van der Waals surface area (Å²) in [6.45, 7) is 2.36. The Morgan fingerprint density at radius 3 is 2.76 bits per heavy atom. The second-order valence-corrected chi connectivity index (χ2v) is 4.18. The maximum absolute atomic E-state index is 11.0. The van der Waals surface area contributed by atoms with Gasteiger partial charge in [-0.15, -0.1) is 0 Å². The molecule has 116 valence electrons. The first-order valence-electron chi connectivity index (χ1n) is 6.41. The fourth-order valence-corrected chi connectivity index (χ4v) is 1.73. The van der Waals surface area contributed by atoms with Crippen molar-refractivity contribution in [3.8, 4) is 11.5 Å². The summed E-state index contributed by atoms with van der Waals surface area (Å²) in [5.41, 5.74) is -0.218. The number of hydrogen-bond acceptors (Lipinski definition) is 6. The molecule has 0 bridgehead atoms. The van der Waals surface area contributed by atoms with Gasteiger partial charge >= 0.3 is 11.7 Å². The molecule has 0 saturated carbocycles. The van der Waals surface area contributed by atoms with E-state index in [0.717, 1.165) is 0 Å². The molecule has 21 heavy (non-hydrogen) atoms. The molecule has 0 radical (unpaired) electrons. The third-order valence-corrected chi connectivity index (χ3v) is 2.78. The molecule has 8 heteroatoms. The molecule has 1 atom stereocenters. The van der Waals surface area contributed by atoms with Crippen LogP contribution >= 0.6 is 0 Å². The highest BCUT2D eigenvalue weighted by Crippen LogP contribution is 2.31. The predicted molar refractivity (Wildman–Crippen MR) is 74.9 cm³/mol. The van der Waals surface area contributed by atoms with Gasteiger partial charge in [0.25, 0.3) is 0 Å². The van der Waals surface area contributed by atoms with Gasteiger partial charge in [-0.2, -0.15) is 0 Å². The van der Waals surface area contributed by atoms with Gasteiger partial charge in [-0.1, -0.05) is 6.92 Å². The van der Waals surface area contributed by atoms with Gasteiger partial charge in [0.2, 0.25) is 0 Å². The van der Waals surface area contributed by atoms with Crippen molar-refractivity contribution in [1.82, 2.24) is 5.32 Å². The highest BCUT2D eigenvalue weighted by molar-refractivity contribution is 5.73. The maximum atomic E-state index is 11.0. The molecule has 0 spiro atoms. The minimum atomic E-state index is -0.982. The Balaban J connectivity index is 2.70. The van der Waals surface area contributed by atoms with Gasteiger partial charge in [0.15, 0.2) is 5.75 Å². The molecule has 1 aromatic carbocycles. The summed E-state index contributed by atoms with van der Waals surface area (Å²) in [6.07, 6.45) is 0.201. The van der Waals surface area contributed by atoms with Crippen LogP contribution in [0, 0.1) is 10.1 Å². The highest BCUT2D eigenvalue weighted by atomic mass is 16.6. The Morgan fingerprint density at radius 2 is 2.24 bits per heavy atom. The summed E-state index contributed by atoms with van der Waals surface area (Å²) in [6, 6.07) is 3.49. The van der Waals surface area contributed by atoms with E-state index in [4.69, 9.17) is 14.6 Å². The normalized spacial score (nSPS) is 11.7. The molecule has 0 fully saturated rings. The SMILES string of the molecule is CCNC(CCOc1ccc(OC)cc1[N+](=O)[O-])C(=O)O. The summed E-state index contributed by atoms with van der Waals surface area (Å²) in [4.78, 5) is 21.3. The van der Waals surface area contributed by atoms with Crippen molar-refractivity contribution in [2.45, 2.75) is 19.4 Å². The summed E-state index contributed by atoms with van der Waals surface area (Å²) in [5, 5.41) is 22.7. The van der Waals surface area contributed by atoms with Gasteiger partial charge in [-0.05, 0) is 18.7 Å². The van der Waals surface area contributed by atoms with E-state index in [2.05, 4.69) is 5.32 Å². The van der Waals surface area contributed by atoms with E-state index in [9.17, 15) is 14.9 Å². The van der Waals surface area contributed by atoms with Crippen LogP contribution < -0.4 is 14.8 Å². The number of methoxy groups -OCH3 is 1. The van der Waals surface area contributed by atoms with Crippen LogP contribution in [0.3, 0.4) is 0 Å². The summed E-state index contributed by atoms with van der Waals surface area (Å²) < 4.78 is 10.2. The molecule has 0 saturated heterocycles. The van der Waals surface area contributed by atoms with Crippen molar-refractivity contribution in [3.05, 3.63) is 28.3 Å². The van der Waals surface area contributed by atoms with Gasteiger partial charge in [0.1, 0.15) is 11.8 Å². The molecule has 0 heterocycles. The zero-order valence-electron chi connectivity index (χ0n) is 11.9. The highest BCUT2D eigenvalue weighted by Gasteiger charge is 2.19. The number of nitro benzene ring substituents is 1. The maximum Gasteiger partial charge on any atom is 0.320 e. The van der Waals surface area contributed by atoms with E-state index >= 15 is 0 Å². The van der Waals surface area contributed by atoms with Gasteiger partial charge in [-0.25, -0.2) is 0 Å². The Morgan fingerprint density at radius 1 is 1.52 bits per heavy atom. The monoisotopic (exact) mass is 298 g/mol. The number of benzene rings is 1. The molecule has 8 nitrogen and oxygen atoms in total. The topological polar surface area (TPSA) is 111 Å². The fraction of sp³-hybridized carbons (Fsp3) is 0.462. The molecule has 1 unspecified atom stereocenters. The predicted octanol–water partition coefficient (Wildman–Crippen LogP) is 1.44. The largest absolute Gasteiger partial charge is 0.496 e. The molecule has 1 rings (SSSR count). The summed E-state index contributed by atoms with van der Waals surface area (Å²) in [5.74, 6) is -0.545. The van der Waals surface area contributed by atoms with E-state index in [0.29, 0.717) is 12.3 Å². The quantitative estimate of drug-likeness (QED) is 0.524. The number of rotatable bonds is 9. The summed E-state index contributed by atoms with van der Waals surface area (Å²) >= 11 is 0. The van der Waals surface area contributed by atoms with Crippen LogP contribution in [0.2, 0.25) is 0 Å². The van der Waals surface area contributed by atoms with Crippen molar-refractivity contribution >= 4 is 11.7 Å². The number of nitrogens with zero attached hydrogens (tertiary/aromatic N) is 1. The van der Waals surface area contributed by atoms with Crippen LogP contribution in [0.4, 0.5) is 5.69 Å². The fourth-order valence-electron chi connectivity index (χ4n) is 1.73. The molecule has 0 aliphatic rings. The number of aliphatic carboxylic acids is 1. The molecular formula is C13H18N2O6. The second-order valence-electron chi connectivity index (χ2n) is 4.18. The van der Waals surface area contributed by atoms with E-state index in [1.54, 1.807) is 13.0 Å². The van der Waals surface area contributed by atoms with Crippen LogP contribution in [-0.4, -0.2) is 42.3 Å². The Labute approximate surface area is 121 Å². The second kappa shape index (κ2) is 8.05. The number of carbonyl (C=O) groups is 1. The van der Waals surface area contributed by atoms with Crippen LogP contribution in [-0.2, 0) is 4.79 Å². The van der Waals surface area contributed by atoms with Gasteiger partial charge < -0.3 is 19.9 Å². The average Bonchev–Trinajstić information content (AvgIpc) is 2.46. The first-order chi connectivity index (χ1) is 9.99. The zero-order valence-corrected chi connectivity index (χ0v) is 11.9. The first-order valence-corrected chi connectivity index (χ1v) is 6.41. The van der Waals surface area contributed by atoms with Gasteiger partial charge in [0.05, 0.1) is 24.7 Å². The number of ether oxygens (including phenoxy) is 2. The minimum Gasteiger partial charge on any atom is -0.496 e. The lowest BCUT2D eigenvalue weighted by atomic mass is 10.2. The van der Waals surface area contributed by atoms with Crippen molar-refractivity contribution in [3.63, 3.8) is 0 Å². The van der Waals surface area contributed by atoms with Crippen molar-refractivity contribution in [2.75, 3.05) is 20.3 Å². The first kappa shape index (κ1) is 16.7. The molecule has 0 aliphatic heterocycles. The summed E-state index contributed by atoms with van der Waals surface area (Å²) in [7, 11) is 1.41. The van der Waals surface area contributed by atoms with E-state index in [1.807, 2.05) is 0 Å². The van der Waals surface area contributed by atoms with Crippen LogP contribution in [0.25, 0.3) is 0 Å². The lowest BCUT2D eigenvalue weighted by molar-refractivity contribution is -0.385. The van der Waals surface area contributed by atoms with Gasteiger partial charge in [-0.3, -0.25) is 14.9 Å². The Hall–Kier alpha value is -2.35. The minimum absolute atomic E-state index is 0.0527. The van der Waals surface area contributed by atoms with E-state index in [1.165, 1.54) is 19.2 Å². The van der Waals surface area contributed by atoms with Crippen molar-refractivity contribution in [2.24, 2.45) is 0 Å². The van der Waals surface area contributed by atoms with Crippen LogP contribution in [0.15, 0.2) is 18.2 Å². The zero-order chi connectivity index (χ0) is 15.8. The number of nitrogens with one attached hydrogen (secondary N) is 1. The van der Waals surface area contributed by atoms with Gasteiger partial charge in [0, 0.05) is 6.42 Å². The molecule has 0 aliphatic carbocycles. The molecular weight excluding hydrogens is 280 g/mol. The van der Waals surface area contributed by atoms with Crippen LogP contribution in [0.5, 0.6) is 11.5 Å². The number of likely N-dealkylation sites (N-methyl/N-ethyl adjacent to an activating group) is 1. The molecule has 2 N–H and O–H groups in total. The molecule has 0 amide bonds. The molecule has 0 aromatic heterocycles.